The van der Waals surface area contributed by atoms with E-state index in [4.69, 9.17) is 16.3 Å². The molecule has 1 aromatic carbocycles. The molecule has 1 amide bonds. The molecule has 2 aromatic rings. The molecule has 0 fully saturated rings. The Morgan fingerprint density at radius 1 is 1.45 bits per heavy atom. The maximum Gasteiger partial charge on any atom is 0.266 e. The number of nitrogens with one attached hydrogen (secondary N) is 1. The van der Waals surface area contributed by atoms with E-state index in [2.05, 4.69) is 20.3 Å². The predicted octanol–water partition coefficient (Wildman–Crippen LogP) is 2.83. The Morgan fingerprint density at radius 3 is 2.80 bits per heavy atom. The van der Waals surface area contributed by atoms with E-state index in [0.29, 0.717) is 22.9 Å². The van der Waals surface area contributed by atoms with Crippen molar-refractivity contribution in [3.8, 4) is 5.75 Å². The van der Waals surface area contributed by atoms with Gasteiger partial charge in [0.25, 0.3) is 5.91 Å². The summed E-state index contributed by atoms with van der Waals surface area (Å²) < 4.78 is 10.1. The van der Waals surface area contributed by atoms with Crippen molar-refractivity contribution in [2.45, 2.75) is 26.4 Å². The van der Waals surface area contributed by atoms with Crippen molar-refractivity contribution in [1.29, 1.82) is 0 Å². The molecule has 6 nitrogen and oxygen atoms in total. The number of hydrogen-bond donors (Lipinski definition) is 1. The summed E-state index contributed by atoms with van der Waals surface area (Å²) in [6.45, 7) is 3.52. The number of nitrogens with zero attached hydrogens (tertiary/aromatic N) is 2. The molecule has 0 spiro atoms. The van der Waals surface area contributed by atoms with Crippen molar-refractivity contribution in [3.05, 3.63) is 35.0 Å². The molecule has 1 N–H and O–H groups in total. The summed E-state index contributed by atoms with van der Waals surface area (Å²) in [6, 6.07) is 6.99. The van der Waals surface area contributed by atoms with Crippen molar-refractivity contribution in [2.75, 3.05) is 5.32 Å². The van der Waals surface area contributed by atoms with Gasteiger partial charge in [-0.1, -0.05) is 35.8 Å². The van der Waals surface area contributed by atoms with E-state index in [9.17, 15) is 4.79 Å². The first-order chi connectivity index (χ1) is 9.61. The van der Waals surface area contributed by atoms with Gasteiger partial charge >= 0.3 is 0 Å². The minimum atomic E-state index is -0.675. The summed E-state index contributed by atoms with van der Waals surface area (Å²) in [6.07, 6.45) is -0.188. The monoisotopic (exact) mass is 295 g/mol. The van der Waals surface area contributed by atoms with Crippen molar-refractivity contribution in [3.63, 3.8) is 0 Å². The first kappa shape index (κ1) is 14.3. The number of halogens is 1. The molecule has 1 aromatic heterocycles. The molecule has 1 unspecified atom stereocenters. The van der Waals surface area contributed by atoms with Crippen molar-refractivity contribution < 1.29 is 14.2 Å². The van der Waals surface area contributed by atoms with Gasteiger partial charge in [-0.05, 0) is 30.6 Å². The number of aryl methyl sites for hydroxylation is 1. The number of aromatic nitrogens is 2. The van der Waals surface area contributed by atoms with E-state index < -0.39 is 6.10 Å². The molecule has 2 rings (SSSR count). The summed E-state index contributed by atoms with van der Waals surface area (Å²) in [7, 11) is 0. The van der Waals surface area contributed by atoms with Gasteiger partial charge in [0, 0.05) is 0 Å². The van der Waals surface area contributed by atoms with Crippen LogP contribution in [0.15, 0.2) is 28.9 Å². The van der Waals surface area contributed by atoms with Crippen LogP contribution in [0, 0.1) is 6.92 Å². The van der Waals surface area contributed by atoms with Gasteiger partial charge in [-0.2, -0.15) is 0 Å². The highest BCUT2D eigenvalue weighted by atomic mass is 35.5. The zero-order valence-electron chi connectivity index (χ0n) is 11.1. The number of rotatable bonds is 5. The van der Waals surface area contributed by atoms with E-state index in [1.54, 1.807) is 31.2 Å². The summed E-state index contributed by atoms with van der Waals surface area (Å²) >= 11 is 6.00. The number of hydrogen-bond acceptors (Lipinski definition) is 5. The molecule has 0 aliphatic carbocycles. The Bertz CT molecular complexity index is 600. The molecule has 1 heterocycles. The van der Waals surface area contributed by atoms with E-state index >= 15 is 0 Å². The van der Waals surface area contributed by atoms with Gasteiger partial charge < -0.3 is 10.1 Å². The van der Waals surface area contributed by atoms with Crippen LogP contribution in [0.3, 0.4) is 0 Å². The maximum absolute atomic E-state index is 12.1. The summed E-state index contributed by atoms with van der Waals surface area (Å²) in [5, 5.41) is 10.3. The van der Waals surface area contributed by atoms with Crippen LogP contribution in [0.5, 0.6) is 5.75 Å². The lowest BCUT2D eigenvalue weighted by Gasteiger charge is -2.17. The molecule has 0 radical (unpaired) electrons. The third kappa shape index (κ3) is 3.27. The molecular formula is C13H14ClN3O3. The lowest BCUT2D eigenvalue weighted by atomic mass is 10.2. The Morgan fingerprint density at radius 2 is 2.20 bits per heavy atom. The Labute approximate surface area is 121 Å². The fourth-order valence-corrected chi connectivity index (χ4v) is 1.74. The highest BCUT2D eigenvalue weighted by molar-refractivity contribution is 6.32. The maximum atomic E-state index is 12.1. The van der Waals surface area contributed by atoms with Gasteiger partial charge in [0.15, 0.2) is 11.9 Å². The van der Waals surface area contributed by atoms with Crippen LogP contribution in [0.1, 0.15) is 19.0 Å². The molecule has 106 valence electrons. The Kier molecular flexibility index (Phi) is 4.57. The fraction of sp³-hybridized carbons (Fsp3) is 0.308. The molecule has 0 saturated carbocycles. The minimum Gasteiger partial charge on any atom is -0.479 e. The van der Waals surface area contributed by atoms with Gasteiger partial charge in [-0.15, -0.1) is 0 Å². The van der Waals surface area contributed by atoms with Crippen LogP contribution in [0.4, 0.5) is 5.82 Å². The molecule has 0 saturated heterocycles. The lowest BCUT2D eigenvalue weighted by molar-refractivity contribution is -0.122. The number of amides is 1. The van der Waals surface area contributed by atoms with Crippen molar-refractivity contribution in [1.82, 2.24) is 10.3 Å². The molecule has 0 aliphatic rings. The minimum absolute atomic E-state index is 0.288. The van der Waals surface area contributed by atoms with Gasteiger partial charge in [-0.3, -0.25) is 4.79 Å². The van der Waals surface area contributed by atoms with E-state index in [-0.39, 0.29) is 11.7 Å². The third-order valence-electron chi connectivity index (χ3n) is 2.66. The predicted molar refractivity (Wildman–Crippen MR) is 73.8 cm³/mol. The smallest absolute Gasteiger partial charge is 0.266 e. The molecule has 0 bridgehead atoms. The van der Waals surface area contributed by atoms with Crippen LogP contribution in [0.25, 0.3) is 0 Å². The zero-order chi connectivity index (χ0) is 14.5. The second-order valence-corrected chi connectivity index (χ2v) is 4.54. The number of carbonyl (C=O) groups is 1. The summed E-state index contributed by atoms with van der Waals surface area (Å²) in [5.41, 5.74) is 0.506. The molecule has 0 aliphatic heterocycles. The van der Waals surface area contributed by atoms with E-state index in [0.717, 1.165) is 0 Å². The highest BCUT2D eigenvalue weighted by Gasteiger charge is 2.21. The van der Waals surface area contributed by atoms with E-state index in [1.807, 2.05) is 6.92 Å². The number of anilines is 1. The molecule has 20 heavy (non-hydrogen) atoms. The number of ether oxygens (including phenoxy) is 1. The lowest BCUT2D eigenvalue weighted by Crippen LogP contribution is -2.32. The van der Waals surface area contributed by atoms with Gasteiger partial charge in [-0.25, -0.2) is 4.63 Å². The van der Waals surface area contributed by atoms with E-state index in [1.165, 1.54) is 0 Å². The number of carbonyl (C=O) groups excluding carboxylic acids is 1. The van der Waals surface area contributed by atoms with Crippen LogP contribution in [-0.2, 0) is 4.79 Å². The van der Waals surface area contributed by atoms with Gasteiger partial charge in [0.1, 0.15) is 11.4 Å². The Balaban J connectivity index is 2.07. The van der Waals surface area contributed by atoms with Crippen LogP contribution in [0.2, 0.25) is 5.02 Å². The molecular weight excluding hydrogens is 282 g/mol. The quantitative estimate of drug-likeness (QED) is 0.917. The second kappa shape index (κ2) is 6.38. The highest BCUT2D eigenvalue weighted by Crippen LogP contribution is 2.25. The van der Waals surface area contributed by atoms with Gasteiger partial charge in [0.05, 0.1) is 5.02 Å². The molecule has 7 heteroatoms. The average Bonchev–Trinajstić information content (AvgIpc) is 2.83. The first-order valence-corrected chi connectivity index (χ1v) is 6.50. The topological polar surface area (TPSA) is 77.2 Å². The third-order valence-corrected chi connectivity index (χ3v) is 2.98. The van der Waals surface area contributed by atoms with Gasteiger partial charge in [0.2, 0.25) is 0 Å². The van der Waals surface area contributed by atoms with Crippen LogP contribution in [-0.4, -0.2) is 22.3 Å². The average molecular weight is 296 g/mol. The van der Waals surface area contributed by atoms with Crippen LogP contribution >= 0.6 is 11.6 Å². The SMILES string of the molecule is CCC(Oc1ccccc1Cl)C(=O)Nc1nonc1C. The number of benzene rings is 1. The Hall–Kier alpha value is -2.08. The second-order valence-electron chi connectivity index (χ2n) is 4.13. The zero-order valence-corrected chi connectivity index (χ0v) is 11.8. The molecule has 1 atom stereocenters. The summed E-state index contributed by atoms with van der Waals surface area (Å²) in [5.74, 6) is 0.425. The normalized spacial score (nSPS) is 11.9. The van der Waals surface area contributed by atoms with Crippen LogP contribution < -0.4 is 10.1 Å². The largest absolute Gasteiger partial charge is 0.479 e. The summed E-state index contributed by atoms with van der Waals surface area (Å²) in [4.78, 5) is 12.1. The first-order valence-electron chi connectivity index (χ1n) is 6.13. The standard InChI is InChI=1S/C13H14ClN3O3/c1-3-10(19-11-7-5-4-6-9(11)14)13(18)15-12-8(2)16-20-17-12/h4-7,10H,3H2,1-2H3,(H,15,17,18). The van der Waals surface area contributed by atoms with Crippen molar-refractivity contribution in [2.24, 2.45) is 0 Å². The number of para-hydroxylation sites is 1. The van der Waals surface area contributed by atoms with Crippen molar-refractivity contribution >= 4 is 23.3 Å². The fourth-order valence-electron chi connectivity index (χ4n) is 1.56.